The van der Waals surface area contributed by atoms with Crippen molar-refractivity contribution in [3.63, 3.8) is 0 Å². The van der Waals surface area contributed by atoms with Crippen LogP contribution < -0.4 is 0 Å². The number of halogens is 2. The Morgan fingerprint density at radius 2 is 2.05 bits per heavy atom. The van der Waals surface area contributed by atoms with Gasteiger partial charge in [-0.25, -0.2) is 4.79 Å². The number of hydrogen-bond acceptors (Lipinski definition) is 3. The van der Waals surface area contributed by atoms with Crippen LogP contribution in [0.3, 0.4) is 0 Å². The van der Waals surface area contributed by atoms with E-state index in [1.807, 2.05) is 0 Å². The number of nitrogens with zero attached hydrogens (tertiary/aromatic N) is 1. The van der Waals surface area contributed by atoms with Crippen molar-refractivity contribution in [1.82, 2.24) is 4.90 Å². The first-order chi connectivity index (χ1) is 9.91. The zero-order chi connectivity index (χ0) is 15.6. The first kappa shape index (κ1) is 15.8. The molecule has 1 N–H and O–H groups in total. The first-order valence-electron chi connectivity index (χ1n) is 6.49. The van der Waals surface area contributed by atoms with Crippen LogP contribution in [0.15, 0.2) is 29.2 Å². The van der Waals surface area contributed by atoms with E-state index in [2.05, 4.69) is 0 Å². The molecule has 1 heterocycles. The van der Waals surface area contributed by atoms with E-state index in [0.717, 1.165) is 0 Å². The normalized spacial score (nSPS) is 21.8. The number of hydrogen-bond donors (Lipinski definition) is 1. The number of carbonyl (C=O) groups is 2. The summed E-state index contributed by atoms with van der Waals surface area (Å²) in [6.07, 6.45) is 0.590. The van der Waals surface area contributed by atoms with Crippen molar-refractivity contribution >= 4 is 23.6 Å². The quantitative estimate of drug-likeness (QED) is 0.868. The monoisotopic (exact) mass is 315 g/mol. The molecule has 2 rings (SSSR count). The highest BCUT2D eigenvalue weighted by Crippen LogP contribution is 2.32. The van der Waals surface area contributed by atoms with Gasteiger partial charge in [0.25, 0.3) is 11.7 Å². The van der Waals surface area contributed by atoms with Gasteiger partial charge in [-0.3, -0.25) is 4.79 Å². The summed E-state index contributed by atoms with van der Waals surface area (Å²) in [6.45, 7) is 2.09. The zero-order valence-corrected chi connectivity index (χ0v) is 12.1. The second-order valence-electron chi connectivity index (χ2n) is 4.92. The van der Waals surface area contributed by atoms with Gasteiger partial charge in [-0.15, -0.1) is 0 Å². The van der Waals surface area contributed by atoms with E-state index >= 15 is 0 Å². The molecule has 7 heteroatoms. The fourth-order valence-electron chi connectivity index (χ4n) is 2.55. The Morgan fingerprint density at radius 3 is 2.67 bits per heavy atom. The average Bonchev–Trinajstić information content (AvgIpc) is 2.80. The highest BCUT2D eigenvalue weighted by Gasteiger charge is 2.40. The third-order valence-corrected chi connectivity index (χ3v) is 4.34. The molecular formula is C14H15F2NO3S. The Labute approximate surface area is 125 Å². The molecule has 0 saturated carbocycles. The number of carbonyl (C=O) groups excluding carboxylic acids is 1. The number of amides is 1. The van der Waals surface area contributed by atoms with E-state index in [1.54, 1.807) is 19.1 Å². The van der Waals surface area contributed by atoms with Gasteiger partial charge in [0.15, 0.2) is 0 Å². The van der Waals surface area contributed by atoms with Gasteiger partial charge in [0, 0.05) is 11.4 Å². The molecule has 1 aromatic carbocycles. The van der Waals surface area contributed by atoms with Crippen molar-refractivity contribution in [2.45, 2.75) is 30.0 Å². The lowest BCUT2D eigenvalue weighted by Gasteiger charge is -2.24. The van der Waals surface area contributed by atoms with Gasteiger partial charge in [-0.1, -0.05) is 30.8 Å². The molecule has 1 aliphatic rings. The van der Waals surface area contributed by atoms with E-state index in [1.165, 1.54) is 17.0 Å². The Bertz CT molecular complexity index is 553. The molecule has 0 spiro atoms. The molecular weight excluding hydrogens is 300 g/mol. The second kappa shape index (κ2) is 6.43. The van der Waals surface area contributed by atoms with Crippen LogP contribution in [0.2, 0.25) is 0 Å². The summed E-state index contributed by atoms with van der Waals surface area (Å²) in [4.78, 5) is 25.2. The molecule has 0 aromatic heterocycles. The minimum Gasteiger partial charge on any atom is -0.480 e. The van der Waals surface area contributed by atoms with Gasteiger partial charge >= 0.3 is 5.97 Å². The Kier molecular flexibility index (Phi) is 4.82. The summed E-state index contributed by atoms with van der Waals surface area (Å²) in [7, 11) is 0. The fraction of sp³-hybridized carbons (Fsp3) is 0.429. The lowest BCUT2D eigenvalue weighted by Crippen LogP contribution is -2.42. The third-order valence-electron chi connectivity index (χ3n) is 3.55. The maximum Gasteiger partial charge on any atom is 0.326 e. The topological polar surface area (TPSA) is 57.6 Å². The van der Waals surface area contributed by atoms with Crippen LogP contribution >= 0.6 is 11.8 Å². The number of carboxylic acids is 1. The minimum absolute atomic E-state index is 0.128. The maximum absolute atomic E-state index is 12.6. The second-order valence-corrected chi connectivity index (χ2v) is 5.95. The lowest BCUT2D eigenvalue weighted by atomic mass is 10.0. The summed E-state index contributed by atoms with van der Waals surface area (Å²) < 4.78 is 25.1. The molecule has 1 saturated heterocycles. The molecule has 114 valence electrons. The summed E-state index contributed by atoms with van der Waals surface area (Å²) in [6, 6.07) is 5.15. The molecule has 2 unspecified atom stereocenters. The van der Waals surface area contributed by atoms with E-state index in [0.29, 0.717) is 24.7 Å². The van der Waals surface area contributed by atoms with Crippen LogP contribution in [-0.4, -0.2) is 40.2 Å². The van der Waals surface area contributed by atoms with Crippen LogP contribution in [0, 0.1) is 5.92 Å². The number of carboxylic acid groups (broad SMARTS) is 1. The Balaban J connectivity index is 2.30. The first-order valence-corrected chi connectivity index (χ1v) is 7.37. The summed E-state index contributed by atoms with van der Waals surface area (Å²) in [5, 5.41) is 9.25. The van der Waals surface area contributed by atoms with Crippen LogP contribution in [0.1, 0.15) is 23.7 Å². The van der Waals surface area contributed by atoms with Gasteiger partial charge < -0.3 is 10.0 Å². The smallest absolute Gasteiger partial charge is 0.326 e. The molecule has 1 amide bonds. The van der Waals surface area contributed by atoms with Gasteiger partial charge in [0.1, 0.15) is 6.04 Å². The summed E-state index contributed by atoms with van der Waals surface area (Å²) >= 11 is 0.294. The predicted molar refractivity (Wildman–Crippen MR) is 74.5 cm³/mol. The van der Waals surface area contributed by atoms with E-state index < -0.39 is 23.7 Å². The molecule has 1 aliphatic heterocycles. The average molecular weight is 315 g/mol. The minimum atomic E-state index is -2.63. The van der Waals surface area contributed by atoms with Crippen molar-refractivity contribution in [3.05, 3.63) is 29.8 Å². The van der Waals surface area contributed by atoms with Crippen LogP contribution in [0.4, 0.5) is 8.78 Å². The van der Waals surface area contributed by atoms with Gasteiger partial charge in [0.2, 0.25) is 0 Å². The molecule has 0 aliphatic carbocycles. The fourth-order valence-corrected chi connectivity index (χ4v) is 3.18. The zero-order valence-electron chi connectivity index (χ0n) is 11.3. The highest BCUT2D eigenvalue weighted by molar-refractivity contribution is 7.99. The Hall–Kier alpha value is -1.63. The Morgan fingerprint density at radius 1 is 1.38 bits per heavy atom. The molecule has 0 radical (unpaired) electrons. The summed E-state index contributed by atoms with van der Waals surface area (Å²) in [5.41, 5.74) is 0.128. The van der Waals surface area contributed by atoms with Gasteiger partial charge in [0.05, 0.1) is 5.56 Å². The van der Waals surface area contributed by atoms with Crippen molar-refractivity contribution in [2.24, 2.45) is 5.92 Å². The largest absolute Gasteiger partial charge is 0.480 e. The summed E-state index contributed by atoms with van der Waals surface area (Å²) in [5.74, 6) is -4.35. The van der Waals surface area contributed by atoms with E-state index in [4.69, 9.17) is 0 Å². The molecule has 1 fully saturated rings. The molecule has 21 heavy (non-hydrogen) atoms. The van der Waals surface area contributed by atoms with Crippen molar-refractivity contribution in [2.75, 3.05) is 6.54 Å². The maximum atomic E-state index is 12.6. The van der Waals surface area contributed by atoms with Crippen molar-refractivity contribution < 1.29 is 23.5 Å². The predicted octanol–water partition coefficient (Wildman–Crippen LogP) is 2.94. The molecule has 0 bridgehead atoms. The standard InChI is InChI=1S/C14H15F2NO3S/c1-8-6-7-17(11(8)13(19)20)12(18)9-4-2-3-5-10(9)21-14(15)16/h2-5,8,11,14H,6-7H2,1H3,(H,19,20). The number of alkyl halides is 2. The number of likely N-dealkylation sites (tertiary alicyclic amines) is 1. The number of benzene rings is 1. The van der Waals surface area contributed by atoms with Crippen LogP contribution in [0.25, 0.3) is 0 Å². The van der Waals surface area contributed by atoms with Crippen LogP contribution in [-0.2, 0) is 4.79 Å². The van der Waals surface area contributed by atoms with Crippen molar-refractivity contribution in [3.8, 4) is 0 Å². The molecule has 2 atom stereocenters. The number of thioether (sulfide) groups is 1. The third kappa shape index (κ3) is 3.34. The highest BCUT2D eigenvalue weighted by atomic mass is 32.2. The SMILES string of the molecule is CC1CCN(C(=O)c2ccccc2SC(F)F)C1C(=O)O. The van der Waals surface area contributed by atoms with Gasteiger partial charge in [-0.2, -0.15) is 8.78 Å². The van der Waals surface area contributed by atoms with E-state index in [-0.39, 0.29) is 16.4 Å². The van der Waals surface area contributed by atoms with Gasteiger partial charge in [-0.05, 0) is 24.5 Å². The molecule has 4 nitrogen and oxygen atoms in total. The lowest BCUT2D eigenvalue weighted by molar-refractivity contribution is -0.142. The molecule has 1 aromatic rings. The number of rotatable bonds is 4. The number of aliphatic carboxylic acids is 1. The van der Waals surface area contributed by atoms with Crippen molar-refractivity contribution in [1.29, 1.82) is 0 Å². The van der Waals surface area contributed by atoms with E-state index in [9.17, 15) is 23.5 Å². The van der Waals surface area contributed by atoms with Crippen LogP contribution in [0.5, 0.6) is 0 Å².